The van der Waals surface area contributed by atoms with Crippen molar-refractivity contribution in [2.75, 3.05) is 24.7 Å². The van der Waals surface area contributed by atoms with Crippen molar-refractivity contribution in [2.24, 2.45) is 0 Å². The molecule has 2 unspecified atom stereocenters. The summed E-state index contributed by atoms with van der Waals surface area (Å²) in [6.45, 7) is 0.154. The van der Waals surface area contributed by atoms with Crippen molar-refractivity contribution < 1.29 is 18.6 Å². The third-order valence-electron chi connectivity index (χ3n) is 3.18. The Labute approximate surface area is 127 Å². The highest BCUT2D eigenvalue weighted by molar-refractivity contribution is 8.61. The fourth-order valence-electron chi connectivity index (χ4n) is 2.01. The Balaban J connectivity index is 3.20. The quantitative estimate of drug-likeness (QED) is 0.358. The van der Waals surface area contributed by atoms with Crippen LogP contribution in [0.4, 0.5) is 0 Å². The number of rotatable bonds is 15. The lowest BCUT2D eigenvalue weighted by atomic mass is 10.1. The van der Waals surface area contributed by atoms with E-state index >= 15 is 0 Å². The van der Waals surface area contributed by atoms with Gasteiger partial charge in [0.15, 0.2) is 0 Å². The number of aliphatic hydroxyl groups excluding tert-OH is 2. The average Bonchev–Trinajstić information content (AvgIpc) is 2.44. The van der Waals surface area contributed by atoms with Crippen molar-refractivity contribution in [1.82, 2.24) is 0 Å². The van der Waals surface area contributed by atoms with Gasteiger partial charge in [-0.15, -0.1) is 0 Å². The van der Waals surface area contributed by atoms with Crippen LogP contribution < -0.4 is 0 Å². The van der Waals surface area contributed by atoms with E-state index in [0.717, 1.165) is 32.1 Å². The molecule has 2 atom stereocenters. The van der Waals surface area contributed by atoms with E-state index in [-0.39, 0.29) is 12.4 Å². The lowest BCUT2D eigenvalue weighted by Gasteiger charge is -2.03. The van der Waals surface area contributed by atoms with Gasteiger partial charge >= 0.3 is 0 Å². The van der Waals surface area contributed by atoms with E-state index in [1.54, 1.807) is 0 Å². The molecule has 122 valence electrons. The second kappa shape index (κ2) is 15.6. The Morgan fingerprint density at radius 1 is 0.500 bits per heavy atom. The van der Waals surface area contributed by atoms with Gasteiger partial charge in [-0.3, -0.25) is 0 Å². The Morgan fingerprint density at radius 3 is 1.35 bits per heavy atom. The number of hydrogen-bond acceptors (Lipinski definition) is 4. The van der Waals surface area contributed by atoms with Crippen molar-refractivity contribution in [3.8, 4) is 0 Å². The van der Waals surface area contributed by atoms with Gasteiger partial charge in [0.2, 0.25) is 0 Å². The van der Waals surface area contributed by atoms with E-state index in [0.29, 0.717) is 12.4 Å². The molecule has 0 aromatic rings. The van der Waals surface area contributed by atoms with Gasteiger partial charge in [-0.05, 0) is 12.8 Å². The maximum atomic E-state index is 11.5. The van der Waals surface area contributed by atoms with Gasteiger partial charge in [-0.2, -0.15) is 0 Å². The molecule has 0 radical (unpaired) electrons. The Kier molecular flexibility index (Phi) is 15.8. The molecule has 2 N–H and O–H groups in total. The summed E-state index contributed by atoms with van der Waals surface area (Å²) in [6, 6.07) is 0. The van der Waals surface area contributed by atoms with Gasteiger partial charge in [0, 0.05) is 12.4 Å². The molecule has 0 aromatic heterocycles. The summed E-state index contributed by atoms with van der Waals surface area (Å²) in [5.41, 5.74) is 0. The smallest absolute Gasteiger partial charge is 0.113 e. The lowest BCUT2D eigenvalue weighted by Crippen LogP contribution is -2.10. The Hall–Kier alpha value is 0.220. The molecule has 4 nitrogen and oxygen atoms in total. The first kappa shape index (κ1) is 20.2. The maximum Gasteiger partial charge on any atom is 0.113 e. The second-order valence-electron chi connectivity index (χ2n) is 5.00. The molecule has 0 fully saturated rings. The van der Waals surface area contributed by atoms with Crippen molar-refractivity contribution in [2.45, 2.75) is 64.2 Å². The first-order valence-corrected chi connectivity index (χ1v) is 10.9. The molecule has 0 saturated heterocycles. The SMILES string of the molecule is O=S(CCO)S(=O)CCCCCCCCCCCCO. The van der Waals surface area contributed by atoms with Crippen LogP contribution in [0.2, 0.25) is 0 Å². The van der Waals surface area contributed by atoms with Crippen LogP contribution in [0.25, 0.3) is 0 Å². The minimum atomic E-state index is -1.37. The van der Waals surface area contributed by atoms with Gasteiger partial charge in [0.1, 0.15) is 19.7 Å². The van der Waals surface area contributed by atoms with Crippen LogP contribution in [-0.2, 0) is 19.7 Å². The summed E-state index contributed by atoms with van der Waals surface area (Å²) >= 11 is 0. The highest BCUT2D eigenvalue weighted by Crippen LogP contribution is 2.11. The van der Waals surface area contributed by atoms with Gasteiger partial charge in [0.05, 0.1) is 12.4 Å². The predicted octanol–water partition coefficient (Wildman–Crippen LogP) is 2.28. The zero-order valence-electron chi connectivity index (χ0n) is 12.4. The number of unbranched alkanes of at least 4 members (excludes halogenated alkanes) is 9. The van der Waals surface area contributed by atoms with Crippen LogP contribution in [0.15, 0.2) is 0 Å². The highest BCUT2D eigenvalue weighted by Gasteiger charge is 2.08. The van der Waals surface area contributed by atoms with Crippen molar-refractivity contribution in [3.05, 3.63) is 0 Å². The highest BCUT2D eigenvalue weighted by atomic mass is 33.1. The molecule has 0 aliphatic carbocycles. The largest absolute Gasteiger partial charge is 0.396 e. The van der Waals surface area contributed by atoms with Crippen LogP contribution in [0, 0.1) is 0 Å². The molecule has 0 spiro atoms. The van der Waals surface area contributed by atoms with Crippen molar-refractivity contribution in [3.63, 3.8) is 0 Å². The van der Waals surface area contributed by atoms with Crippen molar-refractivity contribution >= 4 is 19.7 Å². The van der Waals surface area contributed by atoms with Crippen molar-refractivity contribution in [1.29, 1.82) is 0 Å². The molecule has 0 heterocycles. The Morgan fingerprint density at radius 2 is 0.900 bits per heavy atom. The summed E-state index contributed by atoms with van der Waals surface area (Å²) < 4.78 is 22.8. The van der Waals surface area contributed by atoms with Crippen LogP contribution >= 0.6 is 0 Å². The van der Waals surface area contributed by atoms with E-state index in [1.807, 2.05) is 0 Å². The first-order valence-electron chi connectivity index (χ1n) is 7.71. The fraction of sp³-hybridized carbons (Fsp3) is 1.00. The average molecular weight is 327 g/mol. The Bertz CT molecular complexity index is 260. The molecule has 0 saturated carbocycles. The summed E-state index contributed by atoms with van der Waals surface area (Å²) in [7, 11) is -2.66. The van der Waals surface area contributed by atoms with Gasteiger partial charge in [0.25, 0.3) is 0 Å². The zero-order valence-corrected chi connectivity index (χ0v) is 14.1. The van der Waals surface area contributed by atoms with Gasteiger partial charge in [-0.1, -0.05) is 51.4 Å². The van der Waals surface area contributed by atoms with Crippen LogP contribution in [0.3, 0.4) is 0 Å². The lowest BCUT2D eigenvalue weighted by molar-refractivity contribution is 0.282. The molecule has 0 aliphatic heterocycles. The number of aliphatic hydroxyl groups is 2. The van der Waals surface area contributed by atoms with E-state index in [2.05, 4.69) is 0 Å². The van der Waals surface area contributed by atoms with E-state index in [4.69, 9.17) is 10.2 Å². The van der Waals surface area contributed by atoms with E-state index in [1.165, 1.54) is 32.1 Å². The molecule has 0 aromatic carbocycles. The standard InChI is InChI=1S/C14H30O4S2/c15-11-9-7-5-3-1-2-4-6-8-10-13-19(17)20(18)14-12-16/h15-16H,1-14H2. The predicted molar refractivity (Wildman–Crippen MR) is 86.4 cm³/mol. The summed E-state index contributed by atoms with van der Waals surface area (Å²) in [5.74, 6) is 0.622. The third-order valence-corrected chi connectivity index (χ3v) is 6.98. The monoisotopic (exact) mass is 326 g/mol. The van der Waals surface area contributed by atoms with E-state index in [9.17, 15) is 8.42 Å². The molecule has 0 rings (SSSR count). The molecule has 20 heavy (non-hydrogen) atoms. The van der Waals surface area contributed by atoms with Gasteiger partial charge < -0.3 is 10.2 Å². The first-order chi connectivity index (χ1) is 9.72. The summed E-state index contributed by atoms with van der Waals surface area (Å²) in [4.78, 5) is 0. The molecular weight excluding hydrogens is 296 g/mol. The van der Waals surface area contributed by atoms with E-state index < -0.39 is 19.7 Å². The fourth-order valence-corrected chi connectivity index (χ4v) is 4.66. The van der Waals surface area contributed by atoms with Crippen LogP contribution in [0.1, 0.15) is 64.2 Å². The third kappa shape index (κ3) is 13.2. The van der Waals surface area contributed by atoms with Gasteiger partial charge in [-0.25, -0.2) is 8.42 Å². The van der Waals surface area contributed by atoms with Crippen LogP contribution in [0.5, 0.6) is 0 Å². The molecular formula is C14H30O4S2. The maximum absolute atomic E-state index is 11.5. The molecule has 6 heteroatoms. The normalized spacial score (nSPS) is 14.3. The zero-order chi connectivity index (χ0) is 15.1. The topological polar surface area (TPSA) is 74.6 Å². The second-order valence-corrected chi connectivity index (χ2v) is 9.26. The van der Waals surface area contributed by atoms with Crippen LogP contribution in [-0.4, -0.2) is 43.4 Å². The molecule has 0 amide bonds. The minimum absolute atomic E-state index is 0.128. The molecule has 0 bridgehead atoms. The number of hydrogen-bond donors (Lipinski definition) is 2. The minimum Gasteiger partial charge on any atom is -0.396 e. The summed E-state index contributed by atoms with van der Waals surface area (Å²) in [6.07, 6.45) is 11.3. The summed E-state index contributed by atoms with van der Waals surface area (Å²) in [5, 5.41) is 17.2. The molecule has 0 aliphatic rings.